The zero-order valence-electron chi connectivity index (χ0n) is 8.83. The summed E-state index contributed by atoms with van der Waals surface area (Å²) in [6, 6.07) is 0. The van der Waals surface area contributed by atoms with E-state index in [9.17, 15) is 9.90 Å². The van der Waals surface area contributed by atoms with Gasteiger partial charge >= 0.3 is 5.97 Å². The molecular weight excluding hydrogens is 264 g/mol. The van der Waals surface area contributed by atoms with Gasteiger partial charge in [-0.1, -0.05) is 15.9 Å². The maximum Gasteiger partial charge on any atom is 0.341 e. The Bertz CT molecular complexity index is 291. The summed E-state index contributed by atoms with van der Waals surface area (Å²) in [6.45, 7) is 4.18. The summed E-state index contributed by atoms with van der Waals surface area (Å²) in [5, 5.41) is 10.2. The molecule has 0 aromatic heterocycles. The first-order chi connectivity index (χ1) is 6.86. The first-order valence-electron chi connectivity index (χ1n) is 5.10. The fraction of sp³-hybridized carbons (Fsp3) is 0.900. The van der Waals surface area contributed by atoms with Crippen molar-refractivity contribution in [2.75, 3.05) is 6.61 Å². The van der Waals surface area contributed by atoms with E-state index in [2.05, 4.69) is 15.9 Å². The fourth-order valence-electron chi connectivity index (χ4n) is 2.04. The van der Waals surface area contributed by atoms with Gasteiger partial charge in [0, 0.05) is 13.0 Å². The van der Waals surface area contributed by atoms with Crippen molar-refractivity contribution < 1.29 is 19.4 Å². The average molecular weight is 279 g/mol. The Morgan fingerprint density at radius 2 is 2.27 bits per heavy atom. The summed E-state index contributed by atoms with van der Waals surface area (Å²) in [4.78, 5) is 11.6. The zero-order chi connectivity index (χ0) is 11.3. The molecule has 2 fully saturated rings. The Balaban J connectivity index is 2.31. The Morgan fingerprint density at radius 1 is 1.60 bits per heavy atom. The van der Waals surface area contributed by atoms with E-state index < -0.39 is 17.7 Å². The van der Waals surface area contributed by atoms with Crippen LogP contribution in [0.5, 0.6) is 0 Å². The lowest BCUT2D eigenvalue weighted by Crippen LogP contribution is -2.48. The first kappa shape index (κ1) is 11.4. The molecule has 4 atom stereocenters. The van der Waals surface area contributed by atoms with Gasteiger partial charge in [-0.25, -0.2) is 4.79 Å². The molecule has 0 unspecified atom stereocenters. The van der Waals surface area contributed by atoms with Gasteiger partial charge < -0.3 is 14.6 Å². The smallest absolute Gasteiger partial charge is 0.341 e. The Morgan fingerprint density at radius 3 is 2.93 bits per heavy atom. The monoisotopic (exact) mass is 278 g/mol. The topological polar surface area (TPSA) is 55.8 Å². The van der Waals surface area contributed by atoms with E-state index in [-0.39, 0.29) is 10.4 Å². The second kappa shape index (κ2) is 3.43. The van der Waals surface area contributed by atoms with E-state index in [1.54, 1.807) is 6.92 Å². The third-order valence-electron chi connectivity index (χ3n) is 3.40. The molecule has 0 aromatic carbocycles. The van der Waals surface area contributed by atoms with E-state index in [0.29, 0.717) is 13.0 Å². The number of alkyl halides is 1. The van der Waals surface area contributed by atoms with Gasteiger partial charge in [-0.2, -0.15) is 0 Å². The molecule has 0 saturated carbocycles. The van der Waals surface area contributed by atoms with Crippen molar-refractivity contribution in [3.8, 4) is 0 Å². The van der Waals surface area contributed by atoms with Crippen LogP contribution in [0.15, 0.2) is 0 Å². The lowest BCUT2D eigenvalue weighted by molar-refractivity contribution is -0.165. The number of halogens is 1. The molecule has 0 amide bonds. The molecule has 2 rings (SSSR count). The van der Waals surface area contributed by atoms with Crippen LogP contribution in [-0.2, 0) is 14.3 Å². The third-order valence-corrected chi connectivity index (χ3v) is 4.31. The van der Waals surface area contributed by atoms with E-state index in [0.717, 1.165) is 6.42 Å². The molecule has 2 heterocycles. The first-order valence-corrected chi connectivity index (χ1v) is 5.89. The van der Waals surface area contributed by atoms with Crippen LogP contribution in [0, 0.1) is 0 Å². The molecule has 86 valence electrons. The number of carbonyl (C=O) groups is 1. The van der Waals surface area contributed by atoms with Gasteiger partial charge in [0.25, 0.3) is 0 Å². The Labute approximate surface area is 97.1 Å². The highest BCUT2D eigenvalue weighted by Gasteiger charge is 2.57. The van der Waals surface area contributed by atoms with Gasteiger partial charge in [0.1, 0.15) is 6.10 Å². The zero-order valence-corrected chi connectivity index (χ0v) is 10.4. The second-order valence-corrected chi connectivity index (χ2v) is 6.37. The van der Waals surface area contributed by atoms with Crippen molar-refractivity contribution in [2.45, 2.75) is 48.8 Å². The standard InChI is InChI=1S/C10H15BrO4/c1-6-10(13)5-7(15-8(10)12)9(2,11)3-4-14-6/h6-7,13H,3-5H2,1-2H3/t6-,7+,9+,10+/m1/s1. The highest BCUT2D eigenvalue weighted by atomic mass is 79.9. The van der Waals surface area contributed by atoms with Crippen LogP contribution in [0.3, 0.4) is 0 Å². The number of ether oxygens (including phenoxy) is 2. The Hall–Kier alpha value is -0.130. The van der Waals surface area contributed by atoms with Crippen molar-refractivity contribution in [3.05, 3.63) is 0 Å². The normalized spacial score (nSPS) is 50.8. The summed E-state index contributed by atoms with van der Waals surface area (Å²) in [5.74, 6) is -0.562. The summed E-state index contributed by atoms with van der Waals surface area (Å²) in [7, 11) is 0. The molecule has 1 N–H and O–H groups in total. The Kier molecular flexibility index (Phi) is 2.60. The third kappa shape index (κ3) is 1.70. The molecule has 0 aliphatic carbocycles. The van der Waals surface area contributed by atoms with Gasteiger partial charge in [0.2, 0.25) is 0 Å². The summed E-state index contributed by atoms with van der Waals surface area (Å²) >= 11 is 3.53. The largest absolute Gasteiger partial charge is 0.459 e. The number of hydrogen-bond donors (Lipinski definition) is 1. The lowest BCUT2D eigenvalue weighted by atomic mass is 9.87. The van der Waals surface area contributed by atoms with Gasteiger partial charge in [-0.3, -0.25) is 0 Å². The lowest BCUT2D eigenvalue weighted by Gasteiger charge is -2.33. The molecule has 2 saturated heterocycles. The molecule has 2 aliphatic heterocycles. The van der Waals surface area contributed by atoms with Crippen molar-refractivity contribution in [3.63, 3.8) is 0 Å². The molecule has 0 spiro atoms. The minimum atomic E-state index is -1.47. The minimum absolute atomic E-state index is 0.277. The minimum Gasteiger partial charge on any atom is -0.459 e. The van der Waals surface area contributed by atoms with Gasteiger partial charge in [-0.05, 0) is 20.3 Å². The molecule has 5 heteroatoms. The van der Waals surface area contributed by atoms with Crippen LogP contribution in [-0.4, -0.2) is 39.8 Å². The molecule has 15 heavy (non-hydrogen) atoms. The van der Waals surface area contributed by atoms with E-state index in [1.807, 2.05) is 6.92 Å². The van der Waals surface area contributed by atoms with Crippen molar-refractivity contribution >= 4 is 21.9 Å². The number of hydrogen-bond acceptors (Lipinski definition) is 4. The summed E-state index contributed by atoms with van der Waals surface area (Å²) in [5.41, 5.74) is -1.47. The van der Waals surface area contributed by atoms with E-state index in [4.69, 9.17) is 9.47 Å². The van der Waals surface area contributed by atoms with Gasteiger partial charge in [-0.15, -0.1) is 0 Å². The molecule has 0 radical (unpaired) electrons. The molecule has 4 nitrogen and oxygen atoms in total. The molecule has 2 aliphatic rings. The predicted octanol–water partition coefficient (Wildman–Crippen LogP) is 0.995. The van der Waals surface area contributed by atoms with Crippen LogP contribution in [0.25, 0.3) is 0 Å². The maximum atomic E-state index is 11.6. The van der Waals surface area contributed by atoms with Gasteiger partial charge in [0.15, 0.2) is 5.60 Å². The number of fused-ring (bicyclic) bond motifs is 2. The summed E-state index contributed by atoms with van der Waals surface area (Å²) in [6.07, 6.45) is 0.278. The second-order valence-electron chi connectivity index (χ2n) is 4.56. The highest BCUT2D eigenvalue weighted by molar-refractivity contribution is 9.10. The fourth-order valence-corrected chi connectivity index (χ4v) is 2.46. The van der Waals surface area contributed by atoms with E-state index >= 15 is 0 Å². The van der Waals surface area contributed by atoms with Crippen LogP contribution < -0.4 is 0 Å². The van der Waals surface area contributed by atoms with Crippen molar-refractivity contribution in [1.82, 2.24) is 0 Å². The van der Waals surface area contributed by atoms with Gasteiger partial charge in [0.05, 0.1) is 10.4 Å². The van der Waals surface area contributed by atoms with Crippen molar-refractivity contribution in [1.29, 1.82) is 0 Å². The quantitative estimate of drug-likeness (QED) is 0.531. The average Bonchev–Trinajstić information content (AvgIpc) is 2.44. The number of esters is 1. The number of carbonyl (C=O) groups excluding carboxylic acids is 1. The molecule has 2 bridgehead atoms. The molecular formula is C10H15BrO4. The SMILES string of the molecule is C[C@H]1OCC[C@](C)(Br)[C@@H]2C[C@@]1(O)C(=O)O2. The van der Waals surface area contributed by atoms with Crippen LogP contribution in [0.4, 0.5) is 0 Å². The van der Waals surface area contributed by atoms with E-state index in [1.165, 1.54) is 0 Å². The van der Waals surface area contributed by atoms with Crippen molar-refractivity contribution in [2.24, 2.45) is 0 Å². The number of aliphatic hydroxyl groups is 1. The van der Waals surface area contributed by atoms with Crippen LogP contribution in [0.2, 0.25) is 0 Å². The highest BCUT2D eigenvalue weighted by Crippen LogP contribution is 2.42. The number of rotatable bonds is 0. The maximum absolute atomic E-state index is 11.6. The predicted molar refractivity (Wildman–Crippen MR) is 56.8 cm³/mol. The van der Waals surface area contributed by atoms with Crippen LogP contribution >= 0.6 is 15.9 Å². The summed E-state index contributed by atoms with van der Waals surface area (Å²) < 4.78 is 10.3. The van der Waals surface area contributed by atoms with Crippen LogP contribution in [0.1, 0.15) is 26.7 Å². The molecule has 0 aromatic rings.